The first-order valence-corrected chi connectivity index (χ1v) is 6.96. The molecule has 106 valence electrons. The maximum Gasteiger partial charge on any atom is 0.303 e. The maximum atomic E-state index is 11.9. The van der Waals surface area contributed by atoms with E-state index in [4.69, 9.17) is 9.52 Å². The van der Waals surface area contributed by atoms with Crippen molar-refractivity contribution in [1.82, 2.24) is 4.98 Å². The molecule has 1 amide bonds. The SMILES string of the molecule is Cc1ccoc1C(=O)Nc1nc(CCCC(=O)O)cs1. The van der Waals surface area contributed by atoms with Crippen LogP contribution in [0.25, 0.3) is 0 Å². The van der Waals surface area contributed by atoms with Gasteiger partial charge in [0.15, 0.2) is 10.9 Å². The van der Waals surface area contributed by atoms with Crippen molar-refractivity contribution in [1.29, 1.82) is 0 Å². The second-order valence-electron chi connectivity index (χ2n) is 4.28. The molecule has 0 unspecified atom stereocenters. The zero-order valence-corrected chi connectivity index (χ0v) is 11.7. The first-order valence-electron chi connectivity index (χ1n) is 6.08. The van der Waals surface area contributed by atoms with E-state index >= 15 is 0 Å². The summed E-state index contributed by atoms with van der Waals surface area (Å²) in [6.07, 6.45) is 2.69. The van der Waals surface area contributed by atoms with Gasteiger partial charge in [-0.3, -0.25) is 14.9 Å². The van der Waals surface area contributed by atoms with E-state index in [-0.39, 0.29) is 18.1 Å². The Bertz CT molecular complexity index is 617. The molecule has 0 saturated heterocycles. The zero-order chi connectivity index (χ0) is 14.5. The summed E-state index contributed by atoms with van der Waals surface area (Å²) in [7, 11) is 0. The molecular weight excluding hydrogens is 280 g/mol. The number of hydrogen-bond donors (Lipinski definition) is 2. The van der Waals surface area contributed by atoms with Gasteiger partial charge in [-0.2, -0.15) is 0 Å². The van der Waals surface area contributed by atoms with Gasteiger partial charge in [0.2, 0.25) is 0 Å². The van der Waals surface area contributed by atoms with Crippen LogP contribution in [0, 0.1) is 6.92 Å². The predicted molar refractivity (Wildman–Crippen MR) is 74.1 cm³/mol. The third-order valence-corrected chi connectivity index (χ3v) is 3.47. The van der Waals surface area contributed by atoms with Crippen molar-refractivity contribution >= 4 is 28.3 Å². The number of carboxylic acid groups (broad SMARTS) is 1. The number of carbonyl (C=O) groups excluding carboxylic acids is 1. The van der Waals surface area contributed by atoms with Gasteiger partial charge in [0, 0.05) is 17.4 Å². The molecule has 2 aromatic heterocycles. The average Bonchev–Trinajstić information content (AvgIpc) is 2.98. The Kier molecular flexibility index (Phi) is 4.52. The van der Waals surface area contributed by atoms with Crippen LogP contribution in [0.4, 0.5) is 5.13 Å². The Morgan fingerprint density at radius 1 is 1.50 bits per heavy atom. The largest absolute Gasteiger partial charge is 0.481 e. The fraction of sp³-hybridized carbons (Fsp3) is 0.308. The molecule has 0 fully saturated rings. The van der Waals surface area contributed by atoms with Crippen molar-refractivity contribution in [3.05, 3.63) is 34.7 Å². The number of thiazole rings is 1. The lowest BCUT2D eigenvalue weighted by atomic mass is 10.2. The summed E-state index contributed by atoms with van der Waals surface area (Å²) < 4.78 is 5.10. The van der Waals surface area contributed by atoms with E-state index < -0.39 is 5.97 Å². The van der Waals surface area contributed by atoms with Gasteiger partial charge in [-0.25, -0.2) is 4.98 Å². The van der Waals surface area contributed by atoms with Gasteiger partial charge in [-0.15, -0.1) is 11.3 Å². The van der Waals surface area contributed by atoms with Crippen molar-refractivity contribution in [3.63, 3.8) is 0 Å². The number of hydrogen-bond acceptors (Lipinski definition) is 5. The number of amides is 1. The molecule has 0 spiro atoms. The summed E-state index contributed by atoms with van der Waals surface area (Å²) in [5.74, 6) is -0.881. The molecule has 0 atom stereocenters. The van der Waals surface area contributed by atoms with Crippen molar-refractivity contribution in [2.45, 2.75) is 26.2 Å². The highest BCUT2D eigenvalue weighted by Gasteiger charge is 2.14. The van der Waals surface area contributed by atoms with E-state index in [1.807, 2.05) is 5.38 Å². The third kappa shape index (κ3) is 3.67. The fourth-order valence-corrected chi connectivity index (χ4v) is 2.40. The summed E-state index contributed by atoms with van der Waals surface area (Å²) in [5, 5.41) is 13.5. The number of carbonyl (C=O) groups is 2. The number of aryl methyl sites for hydroxylation is 2. The van der Waals surface area contributed by atoms with Crippen molar-refractivity contribution < 1.29 is 19.1 Å². The van der Waals surface area contributed by atoms with E-state index in [2.05, 4.69) is 10.3 Å². The quantitative estimate of drug-likeness (QED) is 0.854. The first-order chi connectivity index (χ1) is 9.56. The van der Waals surface area contributed by atoms with Gasteiger partial charge in [0.1, 0.15) is 0 Å². The van der Waals surface area contributed by atoms with Gasteiger partial charge in [-0.05, 0) is 25.8 Å². The number of aliphatic carboxylic acids is 1. The second-order valence-corrected chi connectivity index (χ2v) is 5.14. The van der Waals surface area contributed by atoms with Gasteiger partial charge in [0.05, 0.1) is 12.0 Å². The highest BCUT2D eigenvalue weighted by Crippen LogP contribution is 2.19. The number of furan rings is 1. The number of nitrogens with zero attached hydrogens (tertiary/aromatic N) is 1. The van der Waals surface area contributed by atoms with Crippen LogP contribution in [0.3, 0.4) is 0 Å². The molecule has 20 heavy (non-hydrogen) atoms. The summed E-state index contributed by atoms with van der Waals surface area (Å²) in [6, 6.07) is 1.72. The number of rotatable bonds is 6. The van der Waals surface area contributed by atoms with E-state index in [0.717, 1.165) is 11.3 Å². The summed E-state index contributed by atoms with van der Waals surface area (Å²) in [5.41, 5.74) is 1.54. The molecule has 6 nitrogen and oxygen atoms in total. The van der Waals surface area contributed by atoms with Crippen LogP contribution in [0.2, 0.25) is 0 Å². The number of carboxylic acids is 1. The molecule has 2 aromatic rings. The van der Waals surface area contributed by atoms with Crippen LogP contribution in [-0.2, 0) is 11.2 Å². The highest BCUT2D eigenvalue weighted by atomic mass is 32.1. The van der Waals surface area contributed by atoms with Gasteiger partial charge >= 0.3 is 5.97 Å². The lowest BCUT2D eigenvalue weighted by Crippen LogP contribution is -2.11. The molecule has 0 saturated carbocycles. The zero-order valence-electron chi connectivity index (χ0n) is 10.9. The summed E-state index contributed by atoms with van der Waals surface area (Å²) >= 11 is 1.31. The lowest BCUT2D eigenvalue weighted by molar-refractivity contribution is -0.137. The smallest absolute Gasteiger partial charge is 0.303 e. The molecule has 0 aliphatic rings. The van der Waals surface area contributed by atoms with E-state index in [0.29, 0.717) is 18.0 Å². The standard InChI is InChI=1S/C13H14N2O4S/c1-8-5-6-19-11(8)12(18)15-13-14-9(7-20-13)3-2-4-10(16)17/h5-7H,2-4H2,1H3,(H,16,17)(H,14,15,18). The molecule has 2 N–H and O–H groups in total. The molecule has 0 aromatic carbocycles. The molecular formula is C13H14N2O4S. The Balaban J connectivity index is 1.91. The minimum Gasteiger partial charge on any atom is -0.481 e. The van der Waals surface area contributed by atoms with Gasteiger partial charge < -0.3 is 9.52 Å². The van der Waals surface area contributed by atoms with Crippen molar-refractivity contribution in [2.24, 2.45) is 0 Å². The molecule has 0 bridgehead atoms. The predicted octanol–water partition coefficient (Wildman–Crippen LogP) is 2.70. The van der Waals surface area contributed by atoms with Crippen LogP contribution in [0.5, 0.6) is 0 Å². The summed E-state index contributed by atoms with van der Waals surface area (Å²) in [4.78, 5) is 26.5. The molecule has 2 rings (SSSR count). The minimum atomic E-state index is -0.818. The number of anilines is 1. The first kappa shape index (κ1) is 14.3. The molecule has 0 radical (unpaired) electrons. The van der Waals surface area contributed by atoms with Gasteiger partial charge in [0.25, 0.3) is 5.91 Å². The van der Waals surface area contributed by atoms with Crippen molar-refractivity contribution in [3.8, 4) is 0 Å². The lowest BCUT2D eigenvalue weighted by Gasteiger charge is -1.99. The molecule has 2 heterocycles. The number of aromatic nitrogens is 1. The van der Waals surface area contributed by atoms with Crippen LogP contribution < -0.4 is 5.32 Å². The number of nitrogens with one attached hydrogen (secondary N) is 1. The van der Waals surface area contributed by atoms with Crippen LogP contribution in [-0.4, -0.2) is 22.0 Å². The van der Waals surface area contributed by atoms with E-state index in [1.165, 1.54) is 17.6 Å². The minimum absolute atomic E-state index is 0.116. The maximum absolute atomic E-state index is 11.9. The van der Waals surface area contributed by atoms with E-state index in [1.54, 1.807) is 13.0 Å². The molecule has 0 aliphatic heterocycles. The molecule has 0 aliphatic carbocycles. The fourth-order valence-electron chi connectivity index (χ4n) is 1.66. The monoisotopic (exact) mass is 294 g/mol. The second kappa shape index (κ2) is 6.33. The molecule has 7 heteroatoms. The van der Waals surface area contributed by atoms with Crippen molar-refractivity contribution in [2.75, 3.05) is 5.32 Å². The normalized spacial score (nSPS) is 10.4. The van der Waals surface area contributed by atoms with Crippen LogP contribution in [0.1, 0.15) is 34.7 Å². The topological polar surface area (TPSA) is 92.4 Å². The van der Waals surface area contributed by atoms with E-state index in [9.17, 15) is 9.59 Å². The van der Waals surface area contributed by atoms with Crippen LogP contribution in [0.15, 0.2) is 22.1 Å². The Labute approximate surface area is 119 Å². The average molecular weight is 294 g/mol. The Morgan fingerprint density at radius 3 is 2.95 bits per heavy atom. The van der Waals surface area contributed by atoms with Gasteiger partial charge in [-0.1, -0.05) is 0 Å². The van der Waals surface area contributed by atoms with Crippen LogP contribution >= 0.6 is 11.3 Å². The summed E-state index contributed by atoms with van der Waals surface area (Å²) in [6.45, 7) is 1.79. The Hall–Kier alpha value is -2.15. The third-order valence-electron chi connectivity index (χ3n) is 2.66. The Morgan fingerprint density at radius 2 is 2.30 bits per heavy atom. The highest BCUT2D eigenvalue weighted by molar-refractivity contribution is 7.13.